The Hall–Kier alpha value is -1.02. The van der Waals surface area contributed by atoms with Crippen LogP contribution in [0, 0.1) is 5.41 Å². The second kappa shape index (κ2) is 18.3. The van der Waals surface area contributed by atoms with E-state index in [-0.39, 0.29) is 5.41 Å². The highest BCUT2D eigenvalue weighted by molar-refractivity contribution is 5.31. The van der Waals surface area contributed by atoms with Gasteiger partial charge >= 0.3 is 0 Å². The van der Waals surface area contributed by atoms with Gasteiger partial charge in [-0.15, -0.1) is 0 Å². The van der Waals surface area contributed by atoms with E-state index in [2.05, 4.69) is 58.9 Å². The molecule has 1 aromatic rings. The monoisotopic (exact) mass is 474 g/mol. The van der Waals surface area contributed by atoms with Crippen LogP contribution < -0.4 is 4.74 Å². The van der Waals surface area contributed by atoms with E-state index >= 15 is 0 Å². The molecule has 0 atom stereocenters. The predicted octanol–water partition coefficient (Wildman–Crippen LogP) is 10.0. The molecule has 198 valence electrons. The molecule has 1 rings (SSSR count). The van der Waals surface area contributed by atoms with E-state index in [0.29, 0.717) is 12.0 Å². The topological polar surface area (TPSA) is 29.5 Å². The van der Waals surface area contributed by atoms with Gasteiger partial charge in [0.2, 0.25) is 0 Å². The Bertz CT molecular complexity index is 582. The summed E-state index contributed by atoms with van der Waals surface area (Å²) in [7, 11) is 0. The molecule has 34 heavy (non-hydrogen) atoms. The van der Waals surface area contributed by atoms with E-state index in [0.717, 1.165) is 25.2 Å². The number of hydrogen-bond acceptors (Lipinski definition) is 2. The van der Waals surface area contributed by atoms with Crippen molar-refractivity contribution >= 4 is 0 Å². The Morgan fingerprint density at radius 3 is 1.32 bits per heavy atom. The highest BCUT2D eigenvalue weighted by Crippen LogP contribution is 2.36. The quantitative estimate of drug-likeness (QED) is 0.180. The number of hydrogen-bond donors (Lipinski definition) is 1. The van der Waals surface area contributed by atoms with Crippen LogP contribution in [0.3, 0.4) is 0 Å². The third-order valence-corrected chi connectivity index (χ3v) is 6.93. The molecular formula is C32H58O2. The Morgan fingerprint density at radius 1 is 0.559 bits per heavy atom. The largest absolute Gasteiger partial charge is 0.494 e. The van der Waals surface area contributed by atoms with Gasteiger partial charge < -0.3 is 9.84 Å². The zero-order valence-corrected chi connectivity index (χ0v) is 23.6. The lowest BCUT2D eigenvalue weighted by atomic mass is 9.72. The van der Waals surface area contributed by atoms with Crippen molar-refractivity contribution in [3.63, 3.8) is 0 Å². The maximum absolute atomic E-state index is 8.77. The van der Waals surface area contributed by atoms with Gasteiger partial charge in [0.15, 0.2) is 0 Å². The zero-order valence-electron chi connectivity index (χ0n) is 23.6. The van der Waals surface area contributed by atoms with Gasteiger partial charge in [-0.2, -0.15) is 0 Å². The molecule has 0 saturated carbocycles. The van der Waals surface area contributed by atoms with Gasteiger partial charge in [-0.25, -0.2) is 0 Å². The fourth-order valence-electron chi connectivity index (χ4n) is 5.31. The second-order valence-corrected chi connectivity index (χ2v) is 12.4. The molecule has 0 spiro atoms. The lowest BCUT2D eigenvalue weighted by Crippen LogP contribution is -2.24. The first-order valence-corrected chi connectivity index (χ1v) is 14.6. The van der Waals surface area contributed by atoms with Crippen molar-refractivity contribution in [1.29, 1.82) is 0 Å². The van der Waals surface area contributed by atoms with Crippen LogP contribution >= 0.6 is 0 Å². The standard InChI is InChI=1S/C32H58O2/c1-31(2,3)28-32(4,5)29-22-24-30(25-23-29)34-27-21-19-17-15-13-11-9-7-6-8-10-12-14-16-18-20-26-33/h22-25,33H,6-21,26-28H2,1-5H3. The summed E-state index contributed by atoms with van der Waals surface area (Å²) in [6, 6.07) is 8.81. The lowest BCUT2D eigenvalue weighted by Gasteiger charge is -2.33. The van der Waals surface area contributed by atoms with E-state index in [4.69, 9.17) is 9.84 Å². The first-order chi connectivity index (χ1) is 16.2. The second-order valence-electron chi connectivity index (χ2n) is 12.4. The Balaban J connectivity index is 1.93. The molecule has 0 fully saturated rings. The normalized spacial score (nSPS) is 12.3. The van der Waals surface area contributed by atoms with Gasteiger partial charge in [-0.05, 0) is 47.8 Å². The Labute approximate surface area is 213 Å². The summed E-state index contributed by atoms with van der Waals surface area (Å²) in [6.45, 7) is 12.9. The van der Waals surface area contributed by atoms with E-state index in [9.17, 15) is 0 Å². The molecule has 0 heterocycles. The zero-order chi connectivity index (χ0) is 25.1. The van der Waals surface area contributed by atoms with E-state index in [1.54, 1.807) is 0 Å². The smallest absolute Gasteiger partial charge is 0.119 e. The highest BCUT2D eigenvalue weighted by Gasteiger charge is 2.27. The van der Waals surface area contributed by atoms with Crippen LogP contribution in [-0.4, -0.2) is 18.3 Å². The van der Waals surface area contributed by atoms with Crippen LogP contribution in [0.5, 0.6) is 5.75 Å². The predicted molar refractivity (Wildman–Crippen MR) is 150 cm³/mol. The van der Waals surface area contributed by atoms with Gasteiger partial charge in [-0.3, -0.25) is 0 Å². The molecule has 0 amide bonds. The first-order valence-electron chi connectivity index (χ1n) is 14.6. The summed E-state index contributed by atoms with van der Waals surface area (Å²) >= 11 is 0. The SMILES string of the molecule is CC(C)(C)CC(C)(C)c1ccc(OCCCCCCCCCCCCCCCCCCO)cc1. The number of aliphatic hydroxyl groups is 1. The molecule has 2 heteroatoms. The van der Waals surface area contributed by atoms with Gasteiger partial charge in [-0.1, -0.05) is 137 Å². The highest BCUT2D eigenvalue weighted by atomic mass is 16.5. The molecule has 1 N–H and O–H groups in total. The summed E-state index contributed by atoms with van der Waals surface area (Å²) in [4.78, 5) is 0. The van der Waals surface area contributed by atoms with Crippen LogP contribution in [0.15, 0.2) is 24.3 Å². The van der Waals surface area contributed by atoms with Crippen molar-refractivity contribution in [2.24, 2.45) is 5.41 Å². The van der Waals surface area contributed by atoms with Crippen LogP contribution in [0.25, 0.3) is 0 Å². The summed E-state index contributed by atoms with van der Waals surface area (Å²) in [5, 5.41) is 8.77. The maximum atomic E-state index is 8.77. The number of rotatable bonds is 21. The minimum atomic E-state index is 0.192. The third-order valence-electron chi connectivity index (χ3n) is 6.93. The fourth-order valence-corrected chi connectivity index (χ4v) is 5.31. The molecule has 0 saturated heterocycles. The molecule has 2 nitrogen and oxygen atoms in total. The lowest BCUT2D eigenvalue weighted by molar-refractivity contribution is 0.282. The Morgan fingerprint density at radius 2 is 0.941 bits per heavy atom. The maximum Gasteiger partial charge on any atom is 0.119 e. The van der Waals surface area contributed by atoms with Crippen molar-refractivity contribution in [3.05, 3.63) is 29.8 Å². The van der Waals surface area contributed by atoms with Gasteiger partial charge in [0.1, 0.15) is 5.75 Å². The van der Waals surface area contributed by atoms with Crippen molar-refractivity contribution in [2.45, 2.75) is 149 Å². The van der Waals surface area contributed by atoms with Gasteiger partial charge in [0, 0.05) is 6.61 Å². The van der Waals surface area contributed by atoms with Crippen LogP contribution in [0.4, 0.5) is 0 Å². The minimum absolute atomic E-state index is 0.192. The summed E-state index contributed by atoms with van der Waals surface area (Å²) in [6.07, 6.45) is 22.5. The number of aliphatic hydroxyl groups excluding tert-OH is 1. The fraction of sp³-hybridized carbons (Fsp3) is 0.812. The van der Waals surface area contributed by atoms with Crippen LogP contribution in [-0.2, 0) is 5.41 Å². The van der Waals surface area contributed by atoms with Crippen molar-refractivity contribution < 1.29 is 9.84 Å². The molecule has 0 bridgehead atoms. The third kappa shape index (κ3) is 16.6. The van der Waals surface area contributed by atoms with Crippen molar-refractivity contribution in [2.75, 3.05) is 13.2 Å². The summed E-state index contributed by atoms with van der Waals surface area (Å²) < 4.78 is 5.99. The average Bonchev–Trinajstić information content (AvgIpc) is 2.77. The molecule has 0 aliphatic rings. The van der Waals surface area contributed by atoms with Crippen molar-refractivity contribution in [3.8, 4) is 5.75 Å². The molecule has 0 aromatic heterocycles. The van der Waals surface area contributed by atoms with E-state index < -0.39 is 0 Å². The molecule has 0 unspecified atom stereocenters. The molecule has 1 aromatic carbocycles. The summed E-state index contributed by atoms with van der Waals surface area (Å²) in [5.41, 5.74) is 1.93. The van der Waals surface area contributed by atoms with E-state index in [1.807, 2.05) is 0 Å². The number of unbranched alkanes of at least 4 members (excludes halogenated alkanes) is 15. The van der Waals surface area contributed by atoms with Crippen LogP contribution in [0.1, 0.15) is 149 Å². The molecule has 0 radical (unpaired) electrons. The average molecular weight is 475 g/mol. The molecule has 0 aliphatic carbocycles. The minimum Gasteiger partial charge on any atom is -0.494 e. The number of benzene rings is 1. The number of ether oxygens (including phenoxy) is 1. The van der Waals surface area contributed by atoms with Crippen LogP contribution in [0.2, 0.25) is 0 Å². The summed E-state index contributed by atoms with van der Waals surface area (Å²) in [5.74, 6) is 1.01. The molecular weight excluding hydrogens is 416 g/mol. The first kappa shape index (κ1) is 31.0. The van der Waals surface area contributed by atoms with Gasteiger partial charge in [0.05, 0.1) is 6.61 Å². The van der Waals surface area contributed by atoms with Gasteiger partial charge in [0.25, 0.3) is 0 Å². The van der Waals surface area contributed by atoms with E-state index in [1.165, 1.54) is 102 Å². The Kier molecular flexibility index (Phi) is 16.7. The molecule has 0 aliphatic heterocycles. The van der Waals surface area contributed by atoms with Crippen molar-refractivity contribution in [1.82, 2.24) is 0 Å².